The minimum Gasteiger partial charge on any atom is -0.357 e. The molecule has 8 heteroatoms. The summed E-state index contributed by atoms with van der Waals surface area (Å²) in [5.74, 6) is 0.852. The molecule has 154 valence electrons. The second-order valence-electron chi connectivity index (χ2n) is 6.29. The number of aromatic nitrogens is 1. The highest BCUT2D eigenvalue weighted by molar-refractivity contribution is 14.0. The van der Waals surface area contributed by atoms with Gasteiger partial charge in [0.15, 0.2) is 5.96 Å². The molecule has 28 heavy (non-hydrogen) atoms. The van der Waals surface area contributed by atoms with Crippen molar-refractivity contribution in [3.05, 3.63) is 52.0 Å². The minimum absolute atomic E-state index is 0. The first-order valence-electron chi connectivity index (χ1n) is 9.30. The molecule has 2 aromatic rings. The van der Waals surface area contributed by atoms with E-state index < -0.39 is 0 Å². The molecule has 0 aliphatic carbocycles. The number of amides is 1. The summed E-state index contributed by atoms with van der Waals surface area (Å²) in [6.07, 6.45) is 3.15. The van der Waals surface area contributed by atoms with Gasteiger partial charge in [0.05, 0.1) is 5.01 Å². The average Bonchev–Trinajstić information content (AvgIpc) is 3.07. The zero-order chi connectivity index (χ0) is 19.5. The number of carbonyl (C=O) groups excluding carboxylic acids is 1. The average molecular weight is 515 g/mol. The van der Waals surface area contributed by atoms with Crippen LogP contribution < -0.4 is 10.6 Å². The van der Waals surface area contributed by atoms with Gasteiger partial charge in [0.1, 0.15) is 0 Å². The van der Waals surface area contributed by atoms with E-state index in [0.717, 1.165) is 29.5 Å². The molecule has 0 aliphatic rings. The van der Waals surface area contributed by atoms with Crippen molar-refractivity contribution < 1.29 is 4.79 Å². The van der Waals surface area contributed by atoms with Crippen molar-refractivity contribution in [1.82, 2.24) is 20.5 Å². The molecular formula is C20H30IN5OS. The Bertz CT molecular complexity index is 735. The van der Waals surface area contributed by atoms with Gasteiger partial charge in [-0.15, -0.1) is 35.3 Å². The van der Waals surface area contributed by atoms with Gasteiger partial charge in [-0.3, -0.25) is 9.79 Å². The lowest BCUT2D eigenvalue weighted by Crippen LogP contribution is -2.39. The van der Waals surface area contributed by atoms with E-state index in [0.29, 0.717) is 26.1 Å². The second kappa shape index (κ2) is 13.5. The Labute approximate surface area is 188 Å². The van der Waals surface area contributed by atoms with E-state index in [2.05, 4.69) is 27.5 Å². The molecule has 1 heterocycles. The number of rotatable bonds is 9. The van der Waals surface area contributed by atoms with E-state index in [1.807, 2.05) is 50.5 Å². The van der Waals surface area contributed by atoms with E-state index in [-0.39, 0.29) is 29.9 Å². The highest BCUT2D eigenvalue weighted by Crippen LogP contribution is 2.11. The van der Waals surface area contributed by atoms with Gasteiger partial charge in [-0.25, -0.2) is 4.98 Å². The van der Waals surface area contributed by atoms with Crippen LogP contribution >= 0.6 is 35.3 Å². The number of halogens is 1. The van der Waals surface area contributed by atoms with Crippen LogP contribution in [-0.2, 0) is 17.8 Å². The van der Waals surface area contributed by atoms with E-state index in [1.54, 1.807) is 16.2 Å². The summed E-state index contributed by atoms with van der Waals surface area (Å²) in [4.78, 5) is 24.2. The number of benzene rings is 1. The summed E-state index contributed by atoms with van der Waals surface area (Å²) in [6.45, 7) is 6.72. The quantitative estimate of drug-likeness (QED) is 0.306. The number of hydrogen-bond acceptors (Lipinski definition) is 4. The van der Waals surface area contributed by atoms with Crippen LogP contribution in [0.3, 0.4) is 0 Å². The molecule has 6 nitrogen and oxygen atoms in total. The molecule has 0 radical (unpaired) electrons. The SMILES string of the molecule is CCNC(=NCCc1ncc(C)s1)NCCC(=O)N(C)Cc1ccccc1.I. The summed E-state index contributed by atoms with van der Waals surface area (Å²) in [5, 5.41) is 7.55. The van der Waals surface area contributed by atoms with Crippen LogP contribution in [0.1, 0.15) is 28.8 Å². The molecule has 1 amide bonds. The smallest absolute Gasteiger partial charge is 0.224 e. The molecule has 0 spiro atoms. The third-order valence-corrected chi connectivity index (χ3v) is 4.90. The Kier molecular flexibility index (Phi) is 11.7. The van der Waals surface area contributed by atoms with E-state index in [1.165, 1.54) is 4.88 Å². The van der Waals surface area contributed by atoms with Crippen molar-refractivity contribution in [3.8, 4) is 0 Å². The predicted octanol–water partition coefficient (Wildman–Crippen LogP) is 3.22. The number of thiazole rings is 1. The number of aliphatic imine (C=N–C) groups is 1. The Morgan fingerprint density at radius 1 is 1.25 bits per heavy atom. The summed E-state index contributed by atoms with van der Waals surface area (Å²) in [6, 6.07) is 10.0. The van der Waals surface area contributed by atoms with Crippen LogP contribution in [-0.4, -0.2) is 48.4 Å². The maximum absolute atomic E-state index is 12.3. The number of nitrogens with zero attached hydrogens (tertiary/aromatic N) is 3. The largest absolute Gasteiger partial charge is 0.357 e. The monoisotopic (exact) mass is 515 g/mol. The topological polar surface area (TPSA) is 69.6 Å². The lowest BCUT2D eigenvalue weighted by atomic mass is 10.2. The molecule has 1 aromatic heterocycles. The number of carbonyl (C=O) groups is 1. The Hall–Kier alpha value is -1.68. The van der Waals surface area contributed by atoms with Crippen LogP contribution in [0.2, 0.25) is 0 Å². The first kappa shape index (κ1) is 24.4. The normalized spacial score (nSPS) is 10.9. The fourth-order valence-corrected chi connectivity index (χ4v) is 3.32. The van der Waals surface area contributed by atoms with Crippen LogP contribution in [0.25, 0.3) is 0 Å². The third-order valence-electron chi connectivity index (χ3n) is 3.93. The molecule has 0 unspecified atom stereocenters. The summed E-state index contributed by atoms with van der Waals surface area (Å²) in [5.41, 5.74) is 1.13. The molecule has 0 saturated carbocycles. The Balaban J connectivity index is 0.00000392. The highest BCUT2D eigenvalue weighted by atomic mass is 127. The van der Waals surface area contributed by atoms with Gasteiger partial charge in [-0.1, -0.05) is 30.3 Å². The first-order chi connectivity index (χ1) is 13.1. The summed E-state index contributed by atoms with van der Waals surface area (Å²) >= 11 is 1.71. The van der Waals surface area contributed by atoms with Gasteiger partial charge in [0.2, 0.25) is 5.91 Å². The van der Waals surface area contributed by atoms with E-state index in [9.17, 15) is 4.79 Å². The van der Waals surface area contributed by atoms with Crippen molar-refractivity contribution in [2.24, 2.45) is 4.99 Å². The van der Waals surface area contributed by atoms with Crippen LogP contribution in [0.4, 0.5) is 0 Å². The number of aryl methyl sites for hydroxylation is 1. The lowest BCUT2D eigenvalue weighted by molar-refractivity contribution is -0.130. The summed E-state index contributed by atoms with van der Waals surface area (Å²) < 4.78 is 0. The van der Waals surface area contributed by atoms with Crippen molar-refractivity contribution in [2.45, 2.75) is 33.2 Å². The minimum atomic E-state index is 0. The maximum atomic E-state index is 12.3. The zero-order valence-electron chi connectivity index (χ0n) is 16.8. The van der Waals surface area contributed by atoms with Gasteiger partial charge in [0.25, 0.3) is 0 Å². The zero-order valence-corrected chi connectivity index (χ0v) is 19.9. The van der Waals surface area contributed by atoms with Gasteiger partial charge >= 0.3 is 0 Å². The first-order valence-corrected chi connectivity index (χ1v) is 10.1. The van der Waals surface area contributed by atoms with Crippen LogP contribution in [0.15, 0.2) is 41.5 Å². The molecular weight excluding hydrogens is 485 g/mol. The molecule has 2 rings (SSSR count). The van der Waals surface area contributed by atoms with E-state index >= 15 is 0 Å². The van der Waals surface area contributed by atoms with Gasteiger partial charge in [-0.2, -0.15) is 0 Å². The maximum Gasteiger partial charge on any atom is 0.224 e. The molecule has 0 aliphatic heterocycles. The van der Waals surface area contributed by atoms with Crippen molar-refractivity contribution in [3.63, 3.8) is 0 Å². The predicted molar refractivity (Wildman–Crippen MR) is 127 cm³/mol. The van der Waals surface area contributed by atoms with Gasteiger partial charge in [-0.05, 0) is 19.4 Å². The fourth-order valence-electron chi connectivity index (χ4n) is 2.55. The Morgan fingerprint density at radius 2 is 2.00 bits per heavy atom. The molecule has 0 bridgehead atoms. The molecule has 0 fully saturated rings. The fraction of sp³-hybridized carbons (Fsp3) is 0.450. The van der Waals surface area contributed by atoms with Crippen LogP contribution in [0, 0.1) is 6.92 Å². The molecule has 2 N–H and O–H groups in total. The summed E-state index contributed by atoms with van der Waals surface area (Å²) in [7, 11) is 1.84. The van der Waals surface area contributed by atoms with E-state index in [4.69, 9.17) is 0 Å². The number of guanidine groups is 1. The van der Waals surface area contributed by atoms with Crippen molar-refractivity contribution in [2.75, 3.05) is 26.7 Å². The molecule has 0 saturated heterocycles. The number of hydrogen-bond donors (Lipinski definition) is 2. The Morgan fingerprint density at radius 3 is 2.64 bits per heavy atom. The molecule has 0 atom stereocenters. The lowest BCUT2D eigenvalue weighted by Gasteiger charge is -2.18. The second-order valence-corrected chi connectivity index (χ2v) is 7.61. The van der Waals surface area contributed by atoms with Crippen molar-refractivity contribution in [1.29, 1.82) is 0 Å². The van der Waals surface area contributed by atoms with Crippen molar-refractivity contribution >= 4 is 47.2 Å². The van der Waals surface area contributed by atoms with Gasteiger partial charge < -0.3 is 15.5 Å². The molecule has 1 aromatic carbocycles. The third kappa shape index (κ3) is 9.01. The van der Waals surface area contributed by atoms with Crippen LogP contribution in [0.5, 0.6) is 0 Å². The highest BCUT2D eigenvalue weighted by Gasteiger charge is 2.09. The standard InChI is InChI=1S/C20H29N5OS.HI/c1-4-21-20(22-12-10-18-24-14-16(2)27-18)23-13-11-19(26)25(3)15-17-8-6-5-7-9-17;/h5-9,14H,4,10-13,15H2,1-3H3,(H2,21,22,23);1H. The number of nitrogens with one attached hydrogen (secondary N) is 2. The van der Waals surface area contributed by atoms with Gasteiger partial charge in [0, 0.05) is 57.1 Å².